The fraction of sp³-hybridized carbons (Fsp3) is 0.478. The number of likely N-dealkylation sites (tertiary alicyclic amines) is 1. The van der Waals surface area contributed by atoms with Crippen LogP contribution in [0.3, 0.4) is 0 Å². The highest BCUT2D eigenvalue weighted by atomic mass is 16.5. The Kier molecular flexibility index (Phi) is 7.04. The van der Waals surface area contributed by atoms with Gasteiger partial charge in [0.15, 0.2) is 0 Å². The normalized spacial score (nSPS) is 15.4. The zero-order valence-electron chi connectivity index (χ0n) is 17.2. The van der Waals surface area contributed by atoms with Crippen LogP contribution in [0, 0.1) is 19.8 Å². The van der Waals surface area contributed by atoms with Crippen molar-refractivity contribution in [1.82, 2.24) is 15.2 Å². The van der Waals surface area contributed by atoms with E-state index in [9.17, 15) is 4.79 Å². The Hall–Kier alpha value is -2.40. The third-order valence-corrected chi connectivity index (χ3v) is 5.50. The molecule has 1 N–H and O–H groups in total. The van der Waals surface area contributed by atoms with Crippen molar-refractivity contribution in [1.29, 1.82) is 0 Å². The van der Waals surface area contributed by atoms with E-state index in [0.717, 1.165) is 54.4 Å². The summed E-state index contributed by atoms with van der Waals surface area (Å²) in [6.45, 7) is 7.51. The van der Waals surface area contributed by atoms with Crippen LogP contribution >= 0.6 is 0 Å². The van der Waals surface area contributed by atoms with E-state index in [1.165, 1.54) is 12.8 Å². The lowest BCUT2D eigenvalue weighted by molar-refractivity contribution is 0.0948. The number of carbonyl (C=O) groups excluding carboxylic acids is 1. The molecule has 1 aromatic carbocycles. The molecule has 28 heavy (non-hydrogen) atoms. The van der Waals surface area contributed by atoms with Gasteiger partial charge in [-0.25, -0.2) is 0 Å². The third kappa shape index (κ3) is 5.55. The molecular formula is C23H31N3O2. The van der Waals surface area contributed by atoms with E-state index >= 15 is 0 Å². The maximum atomic E-state index is 12.6. The summed E-state index contributed by atoms with van der Waals surface area (Å²) >= 11 is 0. The Labute approximate surface area is 168 Å². The molecule has 1 fully saturated rings. The van der Waals surface area contributed by atoms with Crippen molar-refractivity contribution in [3.8, 4) is 5.75 Å². The van der Waals surface area contributed by atoms with Gasteiger partial charge in [0.2, 0.25) is 0 Å². The largest absolute Gasteiger partial charge is 0.488 e. The highest BCUT2D eigenvalue weighted by Gasteiger charge is 2.17. The number of ether oxygens (including phenoxy) is 1. The highest BCUT2D eigenvalue weighted by molar-refractivity contribution is 5.94. The van der Waals surface area contributed by atoms with Crippen LogP contribution in [0.5, 0.6) is 5.75 Å². The molecule has 0 spiro atoms. The number of piperidine rings is 1. The average Bonchev–Trinajstić information content (AvgIpc) is 2.69. The number of carbonyl (C=O) groups is 1. The number of nitrogens with zero attached hydrogens (tertiary/aromatic N) is 2. The zero-order chi connectivity index (χ0) is 19.9. The van der Waals surface area contributed by atoms with Gasteiger partial charge in [-0.1, -0.05) is 6.07 Å². The van der Waals surface area contributed by atoms with Crippen LogP contribution in [0.4, 0.5) is 0 Å². The van der Waals surface area contributed by atoms with E-state index in [4.69, 9.17) is 4.74 Å². The van der Waals surface area contributed by atoms with E-state index in [-0.39, 0.29) is 5.91 Å². The number of hydrogen-bond donors (Lipinski definition) is 1. The van der Waals surface area contributed by atoms with Crippen LogP contribution in [0.15, 0.2) is 36.7 Å². The van der Waals surface area contributed by atoms with E-state index in [1.807, 2.05) is 38.1 Å². The molecule has 1 aliphatic rings. The number of aromatic nitrogens is 1. The summed E-state index contributed by atoms with van der Waals surface area (Å²) in [5, 5.41) is 3.09. The maximum absolute atomic E-state index is 12.6. The van der Waals surface area contributed by atoms with Gasteiger partial charge in [-0.15, -0.1) is 0 Å². The van der Waals surface area contributed by atoms with Crippen molar-refractivity contribution in [3.05, 3.63) is 58.9 Å². The smallest absolute Gasteiger partial charge is 0.251 e. The Balaban J connectivity index is 1.53. The molecular weight excluding hydrogens is 350 g/mol. The minimum atomic E-state index is -0.00191. The van der Waals surface area contributed by atoms with Gasteiger partial charge < -0.3 is 15.0 Å². The minimum absolute atomic E-state index is 0.00191. The Morgan fingerprint density at radius 3 is 2.61 bits per heavy atom. The second-order valence-electron chi connectivity index (χ2n) is 7.88. The molecule has 2 aromatic rings. The van der Waals surface area contributed by atoms with E-state index < -0.39 is 0 Å². The molecule has 0 bridgehead atoms. The Morgan fingerprint density at radius 1 is 1.25 bits per heavy atom. The van der Waals surface area contributed by atoms with Crippen LogP contribution in [-0.2, 0) is 6.61 Å². The first-order chi connectivity index (χ1) is 13.5. The summed E-state index contributed by atoms with van der Waals surface area (Å²) in [6.07, 6.45) is 7.07. The lowest BCUT2D eigenvalue weighted by Crippen LogP contribution is -2.32. The molecule has 0 aliphatic carbocycles. The molecule has 1 saturated heterocycles. The molecule has 150 valence electrons. The van der Waals surface area contributed by atoms with Crippen LogP contribution in [0.25, 0.3) is 0 Å². The molecule has 2 heterocycles. The van der Waals surface area contributed by atoms with Crippen molar-refractivity contribution in [3.63, 3.8) is 0 Å². The first kappa shape index (κ1) is 20.3. The Bertz CT molecular complexity index is 761. The van der Waals surface area contributed by atoms with Gasteiger partial charge in [0, 0.05) is 30.1 Å². The predicted molar refractivity (Wildman–Crippen MR) is 112 cm³/mol. The van der Waals surface area contributed by atoms with Crippen molar-refractivity contribution in [2.45, 2.75) is 39.7 Å². The highest BCUT2D eigenvalue weighted by Crippen LogP contribution is 2.26. The van der Waals surface area contributed by atoms with Crippen molar-refractivity contribution < 1.29 is 9.53 Å². The number of aryl methyl sites for hydroxylation is 2. The minimum Gasteiger partial charge on any atom is -0.488 e. The fourth-order valence-electron chi connectivity index (χ4n) is 3.79. The molecule has 3 rings (SSSR count). The van der Waals surface area contributed by atoms with Crippen LogP contribution in [-0.4, -0.2) is 42.5 Å². The molecule has 0 saturated carbocycles. The average molecular weight is 382 g/mol. The van der Waals surface area contributed by atoms with Gasteiger partial charge in [-0.3, -0.25) is 9.78 Å². The van der Waals surface area contributed by atoms with Crippen molar-refractivity contribution >= 4 is 5.91 Å². The molecule has 5 heteroatoms. The number of hydrogen-bond acceptors (Lipinski definition) is 4. The van der Waals surface area contributed by atoms with Crippen molar-refractivity contribution in [2.75, 3.05) is 26.7 Å². The van der Waals surface area contributed by atoms with E-state index in [1.54, 1.807) is 12.4 Å². The van der Waals surface area contributed by atoms with E-state index in [0.29, 0.717) is 12.2 Å². The number of pyridine rings is 1. The second-order valence-corrected chi connectivity index (χ2v) is 7.88. The van der Waals surface area contributed by atoms with Gasteiger partial charge in [0.05, 0.1) is 0 Å². The van der Waals surface area contributed by atoms with E-state index in [2.05, 4.69) is 22.2 Å². The summed E-state index contributed by atoms with van der Waals surface area (Å²) in [4.78, 5) is 19.0. The second kappa shape index (κ2) is 9.69. The first-order valence-electron chi connectivity index (χ1n) is 10.1. The number of amides is 1. The number of nitrogens with one attached hydrogen (secondary N) is 1. The Morgan fingerprint density at radius 2 is 1.96 bits per heavy atom. The first-order valence-corrected chi connectivity index (χ1v) is 10.1. The molecule has 5 nitrogen and oxygen atoms in total. The molecule has 0 unspecified atom stereocenters. The standard InChI is InChI=1S/C23H31N3O2/c1-17-13-21(23(27)25-10-6-19-7-11-26(3)12-8-19)14-18(2)22(17)28-16-20-5-4-9-24-15-20/h4-5,9,13-15,19H,6-8,10-12,16H2,1-3H3,(H,25,27). The molecule has 1 amide bonds. The lowest BCUT2D eigenvalue weighted by Gasteiger charge is -2.28. The predicted octanol–water partition coefficient (Wildman–Crippen LogP) is 3.74. The zero-order valence-corrected chi connectivity index (χ0v) is 17.2. The lowest BCUT2D eigenvalue weighted by atomic mass is 9.94. The maximum Gasteiger partial charge on any atom is 0.251 e. The fourth-order valence-corrected chi connectivity index (χ4v) is 3.79. The topological polar surface area (TPSA) is 54.5 Å². The third-order valence-electron chi connectivity index (χ3n) is 5.50. The number of rotatable bonds is 7. The quantitative estimate of drug-likeness (QED) is 0.794. The SMILES string of the molecule is Cc1cc(C(=O)NCCC2CCN(C)CC2)cc(C)c1OCc1cccnc1. The number of benzene rings is 1. The van der Waals surface area contributed by atoms with Gasteiger partial charge in [0.25, 0.3) is 5.91 Å². The molecule has 1 aliphatic heterocycles. The van der Waals surface area contributed by atoms with Gasteiger partial charge in [-0.05, 0) is 88.5 Å². The summed E-state index contributed by atoms with van der Waals surface area (Å²) in [5.74, 6) is 1.56. The van der Waals surface area contributed by atoms with Crippen LogP contribution in [0.2, 0.25) is 0 Å². The van der Waals surface area contributed by atoms with Crippen LogP contribution in [0.1, 0.15) is 46.3 Å². The molecule has 0 atom stereocenters. The van der Waals surface area contributed by atoms with Gasteiger partial charge in [-0.2, -0.15) is 0 Å². The van der Waals surface area contributed by atoms with Crippen LogP contribution < -0.4 is 10.1 Å². The summed E-state index contributed by atoms with van der Waals surface area (Å²) in [7, 11) is 2.17. The molecule has 0 radical (unpaired) electrons. The summed E-state index contributed by atoms with van der Waals surface area (Å²) < 4.78 is 5.98. The summed E-state index contributed by atoms with van der Waals surface area (Å²) in [5.41, 5.74) is 3.68. The summed E-state index contributed by atoms with van der Waals surface area (Å²) in [6, 6.07) is 7.72. The van der Waals surface area contributed by atoms with Crippen molar-refractivity contribution in [2.24, 2.45) is 5.92 Å². The van der Waals surface area contributed by atoms with Gasteiger partial charge in [0.1, 0.15) is 12.4 Å². The van der Waals surface area contributed by atoms with Gasteiger partial charge >= 0.3 is 0 Å². The monoisotopic (exact) mass is 381 g/mol. The molecule has 1 aromatic heterocycles.